The molecule has 2 aromatic heterocycles. The van der Waals surface area contributed by atoms with Crippen molar-refractivity contribution in [2.45, 2.75) is 46.6 Å². The molecule has 0 unspecified atom stereocenters. The number of aromatic amines is 1. The maximum absolute atomic E-state index is 12.1. The number of aromatic nitrogens is 4. The summed E-state index contributed by atoms with van der Waals surface area (Å²) >= 11 is 0. The SMILES string of the molecule is CCn1c(CCNC(=O)CCc2n[nH]c(C)c2C)nc2ccccc21. The average Bonchev–Trinajstić information content (AvgIpc) is 3.13. The molecule has 0 aliphatic rings. The first kappa shape index (κ1) is 17.2. The van der Waals surface area contributed by atoms with E-state index in [1.54, 1.807) is 0 Å². The molecule has 0 spiro atoms. The summed E-state index contributed by atoms with van der Waals surface area (Å²) < 4.78 is 2.21. The number of carbonyl (C=O) groups excluding carboxylic acids is 1. The van der Waals surface area contributed by atoms with Crippen LogP contribution in [-0.4, -0.2) is 32.2 Å². The highest BCUT2D eigenvalue weighted by Gasteiger charge is 2.11. The summed E-state index contributed by atoms with van der Waals surface area (Å²) in [4.78, 5) is 16.8. The minimum absolute atomic E-state index is 0.0548. The fourth-order valence-corrected chi connectivity index (χ4v) is 3.08. The second kappa shape index (κ2) is 7.51. The Bertz CT molecular complexity index is 877. The summed E-state index contributed by atoms with van der Waals surface area (Å²) in [5.74, 6) is 1.07. The number of carbonyl (C=O) groups is 1. The zero-order valence-electron chi connectivity index (χ0n) is 15.1. The molecule has 0 saturated heterocycles. The molecule has 6 heteroatoms. The molecule has 2 heterocycles. The summed E-state index contributed by atoms with van der Waals surface area (Å²) in [6, 6.07) is 8.14. The Morgan fingerprint density at radius 1 is 1.24 bits per heavy atom. The molecule has 2 N–H and O–H groups in total. The Morgan fingerprint density at radius 2 is 2.04 bits per heavy atom. The summed E-state index contributed by atoms with van der Waals surface area (Å²) in [7, 11) is 0. The van der Waals surface area contributed by atoms with Gasteiger partial charge in [-0.2, -0.15) is 5.10 Å². The highest BCUT2D eigenvalue weighted by atomic mass is 16.1. The predicted molar refractivity (Wildman–Crippen MR) is 98.5 cm³/mol. The number of amides is 1. The van der Waals surface area contributed by atoms with Gasteiger partial charge < -0.3 is 9.88 Å². The first-order chi connectivity index (χ1) is 12.1. The predicted octanol–water partition coefficient (Wildman–Crippen LogP) is 2.69. The fraction of sp³-hybridized carbons (Fsp3) is 0.421. The van der Waals surface area contributed by atoms with Gasteiger partial charge >= 0.3 is 0 Å². The molecular weight excluding hydrogens is 314 g/mol. The molecule has 0 atom stereocenters. The molecule has 0 radical (unpaired) electrons. The largest absolute Gasteiger partial charge is 0.356 e. The molecule has 0 fully saturated rings. The van der Waals surface area contributed by atoms with E-state index < -0.39 is 0 Å². The van der Waals surface area contributed by atoms with Gasteiger partial charge in [0.25, 0.3) is 0 Å². The molecule has 1 amide bonds. The van der Waals surface area contributed by atoms with Crippen molar-refractivity contribution in [3.8, 4) is 0 Å². The van der Waals surface area contributed by atoms with Crippen LogP contribution in [0.4, 0.5) is 0 Å². The molecule has 132 valence electrons. The van der Waals surface area contributed by atoms with Crippen molar-refractivity contribution in [3.05, 3.63) is 47.0 Å². The van der Waals surface area contributed by atoms with Crippen LogP contribution in [0.1, 0.15) is 36.1 Å². The van der Waals surface area contributed by atoms with Crippen molar-refractivity contribution in [2.24, 2.45) is 0 Å². The van der Waals surface area contributed by atoms with Gasteiger partial charge in [-0.05, 0) is 38.5 Å². The van der Waals surface area contributed by atoms with E-state index >= 15 is 0 Å². The van der Waals surface area contributed by atoms with E-state index in [1.807, 2.05) is 32.0 Å². The number of hydrogen-bond acceptors (Lipinski definition) is 3. The third kappa shape index (κ3) is 3.73. The smallest absolute Gasteiger partial charge is 0.220 e. The molecular formula is C19H25N5O. The van der Waals surface area contributed by atoms with Gasteiger partial charge in [-0.1, -0.05) is 12.1 Å². The number of H-pyrrole nitrogens is 1. The van der Waals surface area contributed by atoms with Crippen LogP contribution in [-0.2, 0) is 24.2 Å². The van der Waals surface area contributed by atoms with Crippen molar-refractivity contribution in [3.63, 3.8) is 0 Å². The number of nitrogens with one attached hydrogen (secondary N) is 2. The number of rotatable bonds is 7. The first-order valence-electron chi connectivity index (χ1n) is 8.81. The van der Waals surface area contributed by atoms with Gasteiger partial charge in [-0.15, -0.1) is 0 Å². The molecule has 0 aliphatic carbocycles. The zero-order chi connectivity index (χ0) is 17.8. The standard InChI is InChI=1S/C19H25N5O/c1-4-24-17-8-6-5-7-16(17)21-18(24)11-12-20-19(25)10-9-15-13(2)14(3)22-23-15/h5-8H,4,9-12H2,1-3H3,(H,20,25)(H,22,23). The van der Waals surface area contributed by atoms with Crippen molar-refractivity contribution in [1.82, 2.24) is 25.1 Å². The van der Waals surface area contributed by atoms with Crippen LogP contribution in [0.5, 0.6) is 0 Å². The van der Waals surface area contributed by atoms with E-state index in [0.717, 1.165) is 46.8 Å². The van der Waals surface area contributed by atoms with Gasteiger partial charge in [0.15, 0.2) is 0 Å². The van der Waals surface area contributed by atoms with Crippen LogP contribution < -0.4 is 5.32 Å². The van der Waals surface area contributed by atoms with Gasteiger partial charge in [0, 0.05) is 38.0 Å². The van der Waals surface area contributed by atoms with Crippen molar-refractivity contribution < 1.29 is 4.79 Å². The second-order valence-electron chi connectivity index (χ2n) is 6.28. The van der Waals surface area contributed by atoms with Gasteiger partial charge in [0.2, 0.25) is 5.91 Å². The zero-order valence-corrected chi connectivity index (χ0v) is 15.1. The number of hydrogen-bond donors (Lipinski definition) is 2. The van der Waals surface area contributed by atoms with E-state index in [1.165, 1.54) is 0 Å². The number of benzene rings is 1. The molecule has 6 nitrogen and oxygen atoms in total. The number of fused-ring (bicyclic) bond motifs is 1. The third-order valence-electron chi connectivity index (χ3n) is 4.66. The summed E-state index contributed by atoms with van der Waals surface area (Å²) in [5.41, 5.74) is 5.34. The maximum Gasteiger partial charge on any atom is 0.220 e. The minimum Gasteiger partial charge on any atom is -0.356 e. The average molecular weight is 339 g/mol. The lowest BCUT2D eigenvalue weighted by molar-refractivity contribution is -0.121. The van der Waals surface area contributed by atoms with Gasteiger partial charge in [-0.3, -0.25) is 9.89 Å². The highest BCUT2D eigenvalue weighted by molar-refractivity contribution is 5.77. The molecule has 3 aromatic rings. The Morgan fingerprint density at radius 3 is 2.76 bits per heavy atom. The first-order valence-corrected chi connectivity index (χ1v) is 8.81. The molecule has 0 aliphatic heterocycles. The Balaban J connectivity index is 1.52. The van der Waals surface area contributed by atoms with Gasteiger partial charge in [0.1, 0.15) is 5.82 Å². The van der Waals surface area contributed by atoms with E-state index in [4.69, 9.17) is 0 Å². The van der Waals surface area contributed by atoms with Gasteiger partial charge in [-0.25, -0.2) is 4.98 Å². The molecule has 0 bridgehead atoms. The topological polar surface area (TPSA) is 75.6 Å². The van der Waals surface area contributed by atoms with Crippen molar-refractivity contribution in [2.75, 3.05) is 6.54 Å². The van der Waals surface area contributed by atoms with Crippen molar-refractivity contribution >= 4 is 16.9 Å². The number of imidazole rings is 1. The summed E-state index contributed by atoms with van der Waals surface area (Å²) in [5, 5.41) is 10.2. The Hall–Kier alpha value is -2.63. The van der Waals surface area contributed by atoms with Crippen LogP contribution in [0.3, 0.4) is 0 Å². The molecule has 0 saturated carbocycles. The second-order valence-corrected chi connectivity index (χ2v) is 6.28. The Labute approximate surface area is 147 Å². The summed E-state index contributed by atoms with van der Waals surface area (Å²) in [6.07, 6.45) is 1.85. The van der Waals surface area contributed by atoms with E-state index in [9.17, 15) is 4.79 Å². The lowest BCUT2D eigenvalue weighted by Gasteiger charge is -2.07. The number of nitrogens with zero attached hydrogens (tertiary/aromatic N) is 3. The quantitative estimate of drug-likeness (QED) is 0.695. The summed E-state index contributed by atoms with van der Waals surface area (Å²) in [6.45, 7) is 7.61. The van der Waals surface area contributed by atoms with Gasteiger partial charge in [0.05, 0.1) is 16.7 Å². The maximum atomic E-state index is 12.1. The minimum atomic E-state index is 0.0548. The molecule has 25 heavy (non-hydrogen) atoms. The van der Waals surface area contributed by atoms with E-state index in [-0.39, 0.29) is 5.91 Å². The Kier molecular flexibility index (Phi) is 5.16. The van der Waals surface area contributed by atoms with Crippen LogP contribution in [0.2, 0.25) is 0 Å². The number of para-hydroxylation sites is 2. The highest BCUT2D eigenvalue weighted by Crippen LogP contribution is 2.16. The van der Waals surface area contributed by atoms with Crippen molar-refractivity contribution in [1.29, 1.82) is 0 Å². The van der Waals surface area contributed by atoms with Crippen LogP contribution in [0.25, 0.3) is 11.0 Å². The molecule has 1 aromatic carbocycles. The lowest BCUT2D eigenvalue weighted by Crippen LogP contribution is -2.26. The molecule has 3 rings (SSSR count). The monoisotopic (exact) mass is 339 g/mol. The van der Waals surface area contributed by atoms with E-state index in [0.29, 0.717) is 19.4 Å². The number of aryl methyl sites for hydroxylation is 3. The normalized spacial score (nSPS) is 11.2. The fourth-order valence-electron chi connectivity index (χ4n) is 3.08. The third-order valence-corrected chi connectivity index (χ3v) is 4.66. The van der Waals surface area contributed by atoms with Crippen LogP contribution >= 0.6 is 0 Å². The lowest BCUT2D eigenvalue weighted by atomic mass is 10.1. The van der Waals surface area contributed by atoms with Crippen LogP contribution in [0.15, 0.2) is 24.3 Å². The van der Waals surface area contributed by atoms with Crippen LogP contribution in [0, 0.1) is 13.8 Å². The van der Waals surface area contributed by atoms with E-state index in [2.05, 4.69) is 38.1 Å².